The Kier molecular flexibility index (Phi) is 5.27. The molecule has 3 aromatic carbocycles. The normalized spacial score (nSPS) is 15.4. The fourth-order valence-electron chi connectivity index (χ4n) is 3.40. The quantitative estimate of drug-likeness (QED) is 0.575. The number of phenolic OH excluding ortho intramolecular Hbond substituents is 1. The Morgan fingerprint density at radius 3 is 2.56 bits per heavy atom. The molecule has 1 unspecified atom stereocenters. The molecule has 4 nitrogen and oxygen atoms in total. The first kappa shape index (κ1) is 19.4. The number of halogens is 1. The smallest absolute Gasteiger partial charge is 0.159 e. The van der Waals surface area contributed by atoms with Crippen molar-refractivity contribution < 1.29 is 9.90 Å². The van der Waals surface area contributed by atoms with Crippen molar-refractivity contribution >= 4 is 52.1 Å². The molecule has 3 aromatic rings. The Morgan fingerprint density at radius 2 is 1.85 bits per heavy atom. The number of aromatic hydroxyl groups is 1. The van der Waals surface area contributed by atoms with E-state index in [-0.39, 0.29) is 23.7 Å². The van der Waals surface area contributed by atoms with Gasteiger partial charge in [-0.2, -0.15) is 0 Å². The number of carbonyl (C=O) groups is 1. The van der Waals surface area contributed by atoms with Gasteiger partial charge in [-0.15, -0.1) is 12.4 Å². The molecule has 0 saturated carbocycles. The molecule has 0 amide bonds. The Balaban J connectivity index is 0.00000210. The minimum Gasteiger partial charge on any atom is -0.507 e. The summed E-state index contributed by atoms with van der Waals surface area (Å²) in [5, 5.41) is 16.0. The summed E-state index contributed by atoms with van der Waals surface area (Å²) < 4.78 is 0. The Labute approximate surface area is 169 Å². The SMILES string of the molecule is CC(=O)c1cccc(NC2Sc3c(C)c(O)c4ccccc4c3N2C)c1.Cl. The van der Waals surface area contributed by atoms with Crippen LogP contribution in [-0.2, 0) is 0 Å². The van der Waals surface area contributed by atoms with E-state index in [2.05, 4.69) is 10.2 Å². The number of phenols is 1. The summed E-state index contributed by atoms with van der Waals surface area (Å²) in [4.78, 5) is 14.9. The van der Waals surface area contributed by atoms with Crippen molar-refractivity contribution in [3.8, 4) is 5.75 Å². The van der Waals surface area contributed by atoms with Crippen molar-refractivity contribution in [3.05, 3.63) is 59.7 Å². The third-order valence-corrected chi connectivity index (χ3v) is 6.23. The summed E-state index contributed by atoms with van der Waals surface area (Å²) in [5.41, 5.74) is 3.60. The molecule has 0 aliphatic carbocycles. The lowest BCUT2D eigenvalue weighted by Crippen LogP contribution is -2.31. The summed E-state index contributed by atoms with van der Waals surface area (Å²) >= 11 is 1.68. The van der Waals surface area contributed by atoms with Gasteiger partial charge in [0.2, 0.25) is 0 Å². The highest BCUT2D eigenvalue weighted by atomic mass is 35.5. The molecule has 0 bridgehead atoms. The lowest BCUT2D eigenvalue weighted by Gasteiger charge is -2.24. The zero-order valence-electron chi connectivity index (χ0n) is 15.3. The van der Waals surface area contributed by atoms with Crippen LogP contribution in [-0.4, -0.2) is 23.4 Å². The number of benzene rings is 3. The van der Waals surface area contributed by atoms with Gasteiger partial charge in [0.1, 0.15) is 5.75 Å². The first-order valence-corrected chi connectivity index (χ1v) is 9.36. The maximum Gasteiger partial charge on any atom is 0.159 e. The van der Waals surface area contributed by atoms with Gasteiger partial charge in [0, 0.05) is 39.5 Å². The zero-order valence-corrected chi connectivity index (χ0v) is 16.9. The van der Waals surface area contributed by atoms with Crippen LogP contribution in [0.25, 0.3) is 10.8 Å². The molecule has 0 aromatic heterocycles. The third-order valence-electron chi connectivity index (χ3n) is 4.84. The second-order valence-corrected chi connectivity index (χ2v) is 7.65. The largest absolute Gasteiger partial charge is 0.507 e. The fraction of sp³-hybridized carbons (Fsp3) is 0.190. The van der Waals surface area contributed by atoms with E-state index < -0.39 is 0 Å². The van der Waals surface area contributed by atoms with Gasteiger partial charge in [0.25, 0.3) is 0 Å². The van der Waals surface area contributed by atoms with Crippen LogP contribution in [0.4, 0.5) is 11.4 Å². The Bertz CT molecular complexity index is 1040. The number of anilines is 2. The van der Waals surface area contributed by atoms with Crippen LogP contribution < -0.4 is 10.2 Å². The van der Waals surface area contributed by atoms with E-state index in [1.807, 2.05) is 62.5 Å². The van der Waals surface area contributed by atoms with E-state index in [0.717, 1.165) is 32.6 Å². The first-order valence-electron chi connectivity index (χ1n) is 8.48. The van der Waals surface area contributed by atoms with E-state index >= 15 is 0 Å². The predicted octanol–water partition coefficient (Wildman–Crippen LogP) is 5.42. The van der Waals surface area contributed by atoms with Gasteiger partial charge < -0.3 is 15.3 Å². The van der Waals surface area contributed by atoms with Gasteiger partial charge >= 0.3 is 0 Å². The zero-order chi connectivity index (χ0) is 18.4. The highest BCUT2D eigenvalue weighted by molar-refractivity contribution is 8.00. The minimum atomic E-state index is -0.0175. The van der Waals surface area contributed by atoms with Gasteiger partial charge in [-0.1, -0.05) is 48.2 Å². The minimum absolute atomic E-state index is 0. The van der Waals surface area contributed by atoms with Crippen LogP contribution in [0.15, 0.2) is 53.4 Å². The van der Waals surface area contributed by atoms with E-state index in [9.17, 15) is 9.90 Å². The van der Waals surface area contributed by atoms with E-state index in [1.54, 1.807) is 18.7 Å². The number of rotatable bonds is 3. The summed E-state index contributed by atoms with van der Waals surface area (Å²) in [7, 11) is 2.05. The average Bonchev–Trinajstić information content (AvgIpc) is 2.96. The number of hydrogen-bond acceptors (Lipinski definition) is 5. The van der Waals surface area contributed by atoms with Crippen molar-refractivity contribution in [2.45, 2.75) is 24.2 Å². The molecule has 0 fully saturated rings. The maximum absolute atomic E-state index is 11.6. The van der Waals surface area contributed by atoms with Crippen molar-refractivity contribution in [2.75, 3.05) is 17.3 Å². The molecule has 0 spiro atoms. The second-order valence-electron chi connectivity index (χ2n) is 6.56. The van der Waals surface area contributed by atoms with Gasteiger partial charge in [-0.05, 0) is 26.0 Å². The molecule has 140 valence electrons. The molecule has 27 heavy (non-hydrogen) atoms. The molecule has 0 saturated heterocycles. The predicted molar refractivity (Wildman–Crippen MR) is 116 cm³/mol. The van der Waals surface area contributed by atoms with Crippen molar-refractivity contribution in [1.82, 2.24) is 0 Å². The number of ketones is 1. The Morgan fingerprint density at radius 1 is 1.15 bits per heavy atom. The summed E-state index contributed by atoms with van der Waals surface area (Å²) in [6.07, 6.45) is 0. The van der Waals surface area contributed by atoms with Crippen molar-refractivity contribution in [3.63, 3.8) is 0 Å². The Hall–Kier alpha value is -2.37. The number of nitrogens with zero attached hydrogens (tertiary/aromatic N) is 1. The van der Waals surface area contributed by atoms with Crippen LogP contribution in [0.3, 0.4) is 0 Å². The molecule has 6 heteroatoms. The average molecular weight is 401 g/mol. The molecule has 1 atom stereocenters. The summed E-state index contributed by atoms with van der Waals surface area (Å²) in [6.45, 7) is 3.53. The van der Waals surface area contributed by atoms with E-state index in [1.165, 1.54) is 0 Å². The molecule has 4 rings (SSSR count). The lowest BCUT2D eigenvalue weighted by molar-refractivity contribution is 0.101. The monoisotopic (exact) mass is 400 g/mol. The van der Waals surface area contributed by atoms with Crippen LogP contribution in [0.1, 0.15) is 22.8 Å². The third kappa shape index (κ3) is 3.22. The van der Waals surface area contributed by atoms with Crippen molar-refractivity contribution in [2.24, 2.45) is 0 Å². The number of fused-ring (bicyclic) bond motifs is 3. The highest BCUT2D eigenvalue weighted by Gasteiger charge is 2.32. The van der Waals surface area contributed by atoms with Crippen LogP contribution >= 0.6 is 24.2 Å². The number of hydrogen-bond donors (Lipinski definition) is 2. The van der Waals surface area contributed by atoms with Gasteiger partial charge in [0.15, 0.2) is 11.3 Å². The summed E-state index contributed by atoms with van der Waals surface area (Å²) in [6, 6.07) is 15.5. The molecule has 1 heterocycles. The molecular formula is C21H21ClN2O2S. The standard InChI is InChI=1S/C21H20N2O2S.ClH/c1-12-19(25)17-10-5-4-9-16(17)18-20(12)26-21(23(18)3)22-15-8-6-7-14(11-15)13(2)24;/h4-11,21-22,25H,1-3H3;1H. The molecule has 1 aliphatic heterocycles. The molecule has 1 aliphatic rings. The first-order chi connectivity index (χ1) is 12.5. The van der Waals surface area contributed by atoms with Crippen LogP contribution in [0.5, 0.6) is 5.75 Å². The topological polar surface area (TPSA) is 52.6 Å². The van der Waals surface area contributed by atoms with Gasteiger partial charge in [-0.3, -0.25) is 4.79 Å². The summed E-state index contributed by atoms with van der Waals surface area (Å²) in [5.74, 6) is 0.399. The van der Waals surface area contributed by atoms with Crippen molar-refractivity contribution in [1.29, 1.82) is 0 Å². The molecular weight excluding hydrogens is 380 g/mol. The van der Waals surface area contributed by atoms with Crippen LogP contribution in [0, 0.1) is 6.92 Å². The second kappa shape index (κ2) is 7.33. The number of Topliss-reactive ketones (excluding diaryl/α,β-unsaturated/α-hetero) is 1. The molecule has 2 N–H and O–H groups in total. The van der Waals surface area contributed by atoms with E-state index in [0.29, 0.717) is 11.3 Å². The lowest BCUT2D eigenvalue weighted by atomic mass is 10.0. The van der Waals surface area contributed by atoms with Gasteiger partial charge in [0.05, 0.1) is 5.69 Å². The number of thioether (sulfide) groups is 1. The van der Waals surface area contributed by atoms with Crippen LogP contribution in [0.2, 0.25) is 0 Å². The van der Waals surface area contributed by atoms with E-state index in [4.69, 9.17) is 0 Å². The van der Waals surface area contributed by atoms with Gasteiger partial charge in [-0.25, -0.2) is 0 Å². The number of nitrogens with one attached hydrogen (secondary N) is 1. The fourth-order valence-corrected chi connectivity index (χ4v) is 4.73. The highest BCUT2D eigenvalue weighted by Crippen LogP contribution is 2.51. The molecule has 0 radical (unpaired) electrons. The number of carbonyl (C=O) groups excluding carboxylic acids is 1. The maximum atomic E-state index is 11.6.